The molecule has 0 spiro atoms. The summed E-state index contributed by atoms with van der Waals surface area (Å²) in [6, 6.07) is 21.3. The zero-order chi connectivity index (χ0) is 23.0. The third-order valence-corrected chi connectivity index (χ3v) is 5.51. The molecular weight excluding hydrogens is 422 g/mol. The minimum atomic E-state index is -0.225. The van der Waals surface area contributed by atoms with Gasteiger partial charge in [0.15, 0.2) is 35.2 Å². The van der Waals surface area contributed by atoms with Gasteiger partial charge in [-0.3, -0.25) is 0 Å². The summed E-state index contributed by atoms with van der Waals surface area (Å²) in [5.41, 5.74) is 1.04. The van der Waals surface area contributed by atoms with Crippen LogP contribution in [-0.2, 0) is 0 Å². The number of ether oxygens (including phenoxy) is 6. The molecular formula is C26H30NO6+. The van der Waals surface area contributed by atoms with Gasteiger partial charge in [-0.15, -0.1) is 0 Å². The predicted octanol–water partition coefficient (Wildman–Crippen LogP) is 3.24. The number of fused-ring (bicyclic) bond motifs is 1. The summed E-state index contributed by atoms with van der Waals surface area (Å²) in [5, 5.41) is 2.17. The van der Waals surface area contributed by atoms with Crippen molar-refractivity contribution in [1.82, 2.24) is 0 Å². The number of nitrogens with two attached hydrogens (primary N) is 1. The molecule has 4 rings (SSSR count). The first-order valence-corrected chi connectivity index (χ1v) is 10.9. The van der Waals surface area contributed by atoms with Crippen molar-refractivity contribution in [3.05, 3.63) is 72.3 Å². The van der Waals surface area contributed by atoms with Gasteiger partial charge in [0.1, 0.15) is 25.4 Å². The molecule has 1 heterocycles. The molecule has 0 saturated heterocycles. The van der Waals surface area contributed by atoms with E-state index in [9.17, 15) is 0 Å². The van der Waals surface area contributed by atoms with Crippen LogP contribution in [0.2, 0.25) is 0 Å². The van der Waals surface area contributed by atoms with E-state index in [1.165, 1.54) is 0 Å². The molecule has 0 unspecified atom stereocenters. The molecule has 1 aliphatic rings. The van der Waals surface area contributed by atoms with Crippen LogP contribution in [0, 0.1) is 0 Å². The number of para-hydroxylation sites is 3. The molecule has 2 N–H and O–H groups in total. The van der Waals surface area contributed by atoms with E-state index in [-0.39, 0.29) is 12.2 Å². The van der Waals surface area contributed by atoms with Gasteiger partial charge < -0.3 is 33.7 Å². The van der Waals surface area contributed by atoms with Crippen LogP contribution in [0.1, 0.15) is 11.7 Å². The van der Waals surface area contributed by atoms with Gasteiger partial charge in [0.25, 0.3) is 0 Å². The standard InChI is InChI=1S/C26H29NO6/c1-28-19-13-11-18(12-14-19)25-24(32-20-7-4-5-8-21(20)33-25)17-27-15-16-31-26-22(29-2)9-6-10-23(26)30-3/h4-14,24-25,27H,15-17H2,1-3H3/p+1/t24-,25-/m1/s1. The molecule has 3 aromatic carbocycles. The number of quaternary nitrogens is 1. The highest BCUT2D eigenvalue weighted by atomic mass is 16.6. The van der Waals surface area contributed by atoms with E-state index in [1.807, 2.05) is 66.7 Å². The molecule has 0 saturated carbocycles. The Morgan fingerprint density at radius 2 is 1.42 bits per heavy atom. The largest absolute Gasteiger partial charge is 0.497 e. The van der Waals surface area contributed by atoms with Gasteiger partial charge in [0, 0.05) is 0 Å². The second-order valence-electron chi connectivity index (χ2n) is 7.57. The third-order valence-electron chi connectivity index (χ3n) is 5.51. The Balaban J connectivity index is 1.39. The van der Waals surface area contributed by atoms with Crippen molar-refractivity contribution in [3.8, 4) is 34.5 Å². The van der Waals surface area contributed by atoms with Crippen molar-refractivity contribution in [2.75, 3.05) is 41.0 Å². The average molecular weight is 453 g/mol. The van der Waals surface area contributed by atoms with Gasteiger partial charge >= 0.3 is 0 Å². The molecule has 33 heavy (non-hydrogen) atoms. The van der Waals surface area contributed by atoms with Crippen molar-refractivity contribution < 1.29 is 33.7 Å². The minimum Gasteiger partial charge on any atom is -0.497 e. The summed E-state index contributed by atoms with van der Waals surface area (Å²) in [7, 11) is 4.89. The highest BCUT2D eigenvalue weighted by molar-refractivity contribution is 5.51. The lowest BCUT2D eigenvalue weighted by Gasteiger charge is -2.33. The molecule has 0 amide bonds. The van der Waals surface area contributed by atoms with Crippen LogP contribution in [0.4, 0.5) is 0 Å². The number of benzene rings is 3. The van der Waals surface area contributed by atoms with Gasteiger partial charge in [0.05, 0.1) is 21.3 Å². The van der Waals surface area contributed by atoms with Crippen LogP contribution in [-0.4, -0.2) is 47.1 Å². The van der Waals surface area contributed by atoms with E-state index in [0.29, 0.717) is 30.4 Å². The molecule has 3 aromatic rings. The van der Waals surface area contributed by atoms with Gasteiger partial charge in [-0.25, -0.2) is 0 Å². The average Bonchev–Trinajstić information content (AvgIpc) is 2.88. The highest BCUT2D eigenvalue weighted by Gasteiger charge is 2.34. The van der Waals surface area contributed by atoms with E-state index in [2.05, 4.69) is 5.32 Å². The molecule has 0 aromatic heterocycles. The first-order chi connectivity index (χ1) is 16.2. The van der Waals surface area contributed by atoms with Crippen molar-refractivity contribution in [1.29, 1.82) is 0 Å². The van der Waals surface area contributed by atoms with Gasteiger partial charge in [-0.1, -0.05) is 30.3 Å². The summed E-state index contributed by atoms with van der Waals surface area (Å²) in [6.45, 7) is 1.93. The summed E-state index contributed by atoms with van der Waals surface area (Å²) in [6.07, 6.45) is -0.383. The van der Waals surface area contributed by atoms with Crippen molar-refractivity contribution in [3.63, 3.8) is 0 Å². The fraction of sp³-hybridized carbons (Fsp3) is 0.308. The summed E-state index contributed by atoms with van der Waals surface area (Å²) in [5.74, 6) is 4.22. The van der Waals surface area contributed by atoms with Crippen molar-refractivity contribution in [2.45, 2.75) is 12.2 Å². The second kappa shape index (κ2) is 10.8. The van der Waals surface area contributed by atoms with Crippen LogP contribution >= 0.6 is 0 Å². The van der Waals surface area contributed by atoms with Gasteiger partial charge in [-0.05, 0) is 42.0 Å². The van der Waals surface area contributed by atoms with Crippen LogP contribution in [0.25, 0.3) is 0 Å². The van der Waals surface area contributed by atoms with Gasteiger partial charge in [-0.2, -0.15) is 0 Å². The Kier molecular flexibility index (Phi) is 7.42. The van der Waals surface area contributed by atoms with E-state index in [4.69, 9.17) is 28.4 Å². The van der Waals surface area contributed by atoms with E-state index >= 15 is 0 Å². The third kappa shape index (κ3) is 5.26. The Morgan fingerprint density at radius 1 is 0.758 bits per heavy atom. The zero-order valence-electron chi connectivity index (χ0n) is 19.2. The van der Waals surface area contributed by atoms with Crippen LogP contribution in [0.3, 0.4) is 0 Å². The maximum atomic E-state index is 6.34. The van der Waals surface area contributed by atoms with E-state index < -0.39 is 0 Å². The fourth-order valence-electron chi connectivity index (χ4n) is 3.82. The maximum Gasteiger partial charge on any atom is 0.203 e. The maximum absolute atomic E-state index is 6.34. The monoisotopic (exact) mass is 452 g/mol. The molecule has 0 fully saturated rings. The van der Waals surface area contributed by atoms with Crippen LogP contribution in [0.5, 0.6) is 34.5 Å². The van der Waals surface area contributed by atoms with E-state index in [0.717, 1.165) is 29.4 Å². The normalized spacial score (nSPS) is 16.7. The molecule has 7 heteroatoms. The first-order valence-electron chi connectivity index (χ1n) is 10.9. The summed E-state index contributed by atoms with van der Waals surface area (Å²) < 4.78 is 34.7. The Labute approximate surface area is 194 Å². The molecule has 0 radical (unpaired) electrons. The Morgan fingerprint density at radius 3 is 2.06 bits per heavy atom. The molecule has 0 bridgehead atoms. The van der Waals surface area contributed by atoms with Gasteiger partial charge in [0.2, 0.25) is 5.75 Å². The van der Waals surface area contributed by atoms with Crippen molar-refractivity contribution >= 4 is 0 Å². The minimum absolute atomic E-state index is 0.158. The lowest BCUT2D eigenvalue weighted by molar-refractivity contribution is -0.662. The molecule has 0 aliphatic carbocycles. The second-order valence-corrected chi connectivity index (χ2v) is 7.57. The predicted molar refractivity (Wildman–Crippen MR) is 124 cm³/mol. The van der Waals surface area contributed by atoms with Crippen LogP contribution < -0.4 is 33.7 Å². The molecule has 2 atom stereocenters. The molecule has 174 valence electrons. The Hall–Kier alpha value is -3.58. The zero-order valence-corrected chi connectivity index (χ0v) is 19.2. The van der Waals surface area contributed by atoms with Crippen molar-refractivity contribution in [2.24, 2.45) is 0 Å². The lowest BCUT2D eigenvalue weighted by atomic mass is 10.0. The molecule has 1 aliphatic heterocycles. The number of hydrogen-bond donors (Lipinski definition) is 1. The summed E-state index contributed by atoms with van der Waals surface area (Å²) in [4.78, 5) is 0. The number of rotatable bonds is 10. The highest BCUT2D eigenvalue weighted by Crippen LogP contribution is 2.39. The number of hydrogen-bond acceptors (Lipinski definition) is 6. The fourth-order valence-corrected chi connectivity index (χ4v) is 3.82. The number of methoxy groups -OCH3 is 3. The summed E-state index contributed by atoms with van der Waals surface area (Å²) >= 11 is 0. The Bertz CT molecular complexity index is 1020. The first kappa shape index (κ1) is 22.6. The topological polar surface area (TPSA) is 72.0 Å². The quantitative estimate of drug-likeness (QED) is 0.476. The van der Waals surface area contributed by atoms with E-state index in [1.54, 1.807) is 21.3 Å². The lowest BCUT2D eigenvalue weighted by Crippen LogP contribution is -2.88. The molecule has 7 nitrogen and oxygen atoms in total. The SMILES string of the molecule is COc1ccc([C@H]2Oc3ccccc3O[C@@H]2C[NH2+]CCOc2c(OC)cccc2OC)cc1. The smallest absolute Gasteiger partial charge is 0.203 e. The van der Waals surface area contributed by atoms with Crippen LogP contribution in [0.15, 0.2) is 66.7 Å².